The van der Waals surface area contributed by atoms with Crippen molar-refractivity contribution in [3.05, 3.63) is 18.0 Å². The van der Waals surface area contributed by atoms with Gasteiger partial charge in [-0.2, -0.15) is 18.3 Å². The van der Waals surface area contributed by atoms with Gasteiger partial charge in [0.25, 0.3) is 0 Å². The summed E-state index contributed by atoms with van der Waals surface area (Å²) >= 11 is 0. The van der Waals surface area contributed by atoms with Gasteiger partial charge in [0.15, 0.2) is 0 Å². The lowest BCUT2D eigenvalue weighted by atomic mass is 10.3. The third-order valence-electron chi connectivity index (χ3n) is 1.67. The van der Waals surface area contributed by atoms with Crippen molar-refractivity contribution in [3.8, 4) is 0 Å². The van der Waals surface area contributed by atoms with Crippen LogP contribution in [-0.4, -0.2) is 22.5 Å². The largest absolute Gasteiger partial charge is 0.390 e. The SMILES string of the molecule is Cn1cc(CNCCC(F)(F)F)cn1. The van der Waals surface area contributed by atoms with Crippen LogP contribution in [0.5, 0.6) is 0 Å². The zero-order valence-corrected chi connectivity index (χ0v) is 7.80. The summed E-state index contributed by atoms with van der Waals surface area (Å²) in [6.45, 7) is 0.363. The third-order valence-corrected chi connectivity index (χ3v) is 1.67. The summed E-state index contributed by atoms with van der Waals surface area (Å²) in [5, 5.41) is 6.60. The van der Waals surface area contributed by atoms with Crippen LogP contribution in [0, 0.1) is 0 Å². The molecule has 0 aromatic carbocycles. The second-order valence-corrected chi connectivity index (χ2v) is 3.06. The second kappa shape index (κ2) is 4.45. The monoisotopic (exact) mass is 207 g/mol. The molecule has 0 amide bonds. The van der Waals surface area contributed by atoms with E-state index in [0.29, 0.717) is 6.54 Å². The van der Waals surface area contributed by atoms with Gasteiger partial charge in [-0.3, -0.25) is 4.68 Å². The summed E-state index contributed by atoms with van der Waals surface area (Å²) in [6, 6.07) is 0. The maximum Gasteiger partial charge on any atom is 0.390 e. The zero-order valence-electron chi connectivity index (χ0n) is 7.80. The van der Waals surface area contributed by atoms with Gasteiger partial charge in [0.2, 0.25) is 0 Å². The van der Waals surface area contributed by atoms with Crippen LogP contribution in [0.1, 0.15) is 12.0 Å². The van der Waals surface area contributed by atoms with Crippen molar-refractivity contribution in [2.45, 2.75) is 19.1 Å². The Balaban J connectivity index is 2.16. The Morgan fingerprint density at radius 1 is 1.50 bits per heavy atom. The first-order valence-electron chi connectivity index (χ1n) is 4.22. The molecule has 0 spiro atoms. The highest BCUT2D eigenvalue weighted by Gasteiger charge is 2.25. The Hall–Kier alpha value is -1.04. The van der Waals surface area contributed by atoms with Crippen LogP contribution in [0.15, 0.2) is 12.4 Å². The maximum atomic E-state index is 11.7. The number of nitrogens with zero attached hydrogens (tertiary/aromatic N) is 2. The minimum Gasteiger partial charge on any atom is -0.312 e. The van der Waals surface area contributed by atoms with Gasteiger partial charge in [0.05, 0.1) is 12.6 Å². The molecule has 0 aliphatic heterocycles. The molecule has 1 aromatic heterocycles. The lowest BCUT2D eigenvalue weighted by molar-refractivity contribution is -0.133. The third kappa shape index (κ3) is 4.27. The number of rotatable bonds is 4. The van der Waals surface area contributed by atoms with Crippen molar-refractivity contribution < 1.29 is 13.2 Å². The quantitative estimate of drug-likeness (QED) is 0.757. The number of halogens is 3. The van der Waals surface area contributed by atoms with Crippen LogP contribution >= 0.6 is 0 Å². The molecule has 0 saturated heterocycles. The number of aryl methyl sites for hydroxylation is 1. The van der Waals surface area contributed by atoms with Gasteiger partial charge < -0.3 is 5.32 Å². The summed E-state index contributed by atoms with van der Waals surface area (Å²) < 4.78 is 36.8. The van der Waals surface area contributed by atoms with E-state index in [2.05, 4.69) is 10.4 Å². The lowest BCUT2D eigenvalue weighted by Gasteiger charge is -2.06. The summed E-state index contributed by atoms with van der Waals surface area (Å²) in [6.07, 6.45) is -1.49. The first-order valence-corrected chi connectivity index (χ1v) is 4.22. The van der Waals surface area contributed by atoms with E-state index >= 15 is 0 Å². The molecule has 1 N–H and O–H groups in total. The molecule has 1 rings (SSSR count). The van der Waals surface area contributed by atoms with Crippen molar-refractivity contribution >= 4 is 0 Å². The van der Waals surface area contributed by atoms with E-state index in [4.69, 9.17) is 0 Å². The Labute approximate surface area is 79.9 Å². The minimum absolute atomic E-state index is 0.0571. The fourth-order valence-electron chi connectivity index (χ4n) is 1.03. The van der Waals surface area contributed by atoms with Gasteiger partial charge in [0.1, 0.15) is 0 Å². The summed E-state index contributed by atoms with van der Waals surface area (Å²) in [5.74, 6) is 0. The highest BCUT2D eigenvalue weighted by Crippen LogP contribution is 2.18. The Morgan fingerprint density at radius 3 is 2.71 bits per heavy atom. The molecule has 0 bridgehead atoms. The normalized spacial score (nSPS) is 12.0. The van der Waals surface area contributed by atoms with Gasteiger partial charge in [-0.1, -0.05) is 0 Å². The summed E-state index contributed by atoms with van der Waals surface area (Å²) in [7, 11) is 1.76. The van der Waals surface area contributed by atoms with Crippen LogP contribution in [0.4, 0.5) is 13.2 Å². The van der Waals surface area contributed by atoms with Crippen molar-refractivity contribution in [1.29, 1.82) is 0 Å². The van der Waals surface area contributed by atoms with E-state index in [-0.39, 0.29) is 6.54 Å². The highest BCUT2D eigenvalue weighted by molar-refractivity contribution is 5.02. The van der Waals surface area contributed by atoms with E-state index in [9.17, 15) is 13.2 Å². The smallest absolute Gasteiger partial charge is 0.312 e. The molecule has 1 aromatic rings. The van der Waals surface area contributed by atoms with Crippen LogP contribution in [-0.2, 0) is 13.6 Å². The maximum absolute atomic E-state index is 11.7. The fraction of sp³-hybridized carbons (Fsp3) is 0.625. The molecule has 0 unspecified atom stereocenters. The van der Waals surface area contributed by atoms with E-state index in [1.54, 1.807) is 24.1 Å². The average Bonchev–Trinajstić information content (AvgIpc) is 2.44. The number of hydrogen-bond donors (Lipinski definition) is 1. The molecule has 0 radical (unpaired) electrons. The highest BCUT2D eigenvalue weighted by atomic mass is 19.4. The number of hydrogen-bond acceptors (Lipinski definition) is 2. The molecule has 0 aliphatic rings. The van der Waals surface area contributed by atoms with Gasteiger partial charge >= 0.3 is 6.18 Å². The van der Waals surface area contributed by atoms with E-state index in [1.807, 2.05) is 0 Å². The van der Waals surface area contributed by atoms with E-state index in [1.165, 1.54) is 0 Å². The first-order chi connectivity index (χ1) is 6.47. The van der Waals surface area contributed by atoms with Gasteiger partial charge in [0, 0.05) is 31.9 Å². The van der Waals surface area contributed by atoms with Gasteiger partial charge in [-0.05, 0) is 0 Å². The number of nitrogens with one attached hydrogen (secondary N) is 1. The second-order valence-electron chi connectivity index (χ2n) is 3.06. The molecule has 0 fully saturated rings. The predicted octanol–water partition coefficient (Wildman–Crippen LogP) is 1.46. The summed E-state index contributed by atoms with van der Waals surface area (Å²) in [5.41, 5.74) is 0.884. The van der Waals surface area contributed by atoms with Gasteiger partial charge in [-0.15, -0.1) is 0 Å². The van der Waals surface area contributed by atoms with Crippen LogP contribution < -0.4 is 5.32 Å². The van der Waals surface area contributed by atoms with Crippen LogP contribution in [0.3, 0.4) is 0 Å². The van der Waals surface area contributed by atoms with E-state index < -0.39 is 12.6 Å². The molecule has 1 heterocycles. The van der Waals surface area contributed by atoms with Crippen LogP contribution in [0.25, 0.3) is 0 Å². The molecular weight excluding hydrogens is 195 g/mol. The molecule has 14 heavy (non-hydrogen) atoms. The van der Waals surface area contributed by atoms with Crippen molar-refractivity contribution in [2.24, 2.45) is 7.05 Å². The Bertz CT molecular complexity index is 280. The Kier molecular flexibility index (Phi) is 3.51. The fourth-order valence-corrected chi connectivity index (χ4v) is 1.03. The van der Waals surface area contributed by atoms with Gasteiger partial charge in [-0.25, -0.2) is 0 Å². The molecule has 6 heteroatoms. The first kappa shape index (κ1) is 11.0. The standard InChI is InChI=1S/C8H12F3N3/c1-14-6-7(5-13-14)4-12-3-2-8(9,10)11/h5-6,12H,2-4H2,1H3. The minimum atomic E-state index is -4.08. The predicted molar refractivity (Wildman–Crippen MR) is 45.6 cm³/mol. The number of alkyl halides is 3. The van der Waals surface area contributed by atoms with E-state index in [0.717, 1.165) is 5.56 Å². The molecular formula is C8H12F3N3. The van der Waals surface area contributed by atoms with Crippen molar-refractivity contribution in [2.75, 3.05) is 6.54 Å². The van der Waals surface area contributed by atoms with Crippen LogP contribution in [0.2, 0.25) is 0 Å². The molecule has 0 aliphatic carbocycles. The molecule has 0 saturated carbocycles. The Morgan fingerprint density at radius 2 is 2.21 bits per heavy atom. The molecule has 3 nitrogen and oxygen atoms in total. The molecule has 80 valence electrons. The lowest BCUT2D eigenvalue weighted by Crippen LogP contribution is -2.21. The topological polar surface area (TPSA) is 29.9 Å². The molecule has 0 atom stereocenters. The zero-order chi connectivity index (χ0) is 10.6. The van der Waals surface area contributed by atoms with Crippen molar-refractivity contribution in [3.63, 3.8) is 0 Å². The van der Waals surface area contributed by atoms with Crippen molar-refractivity contribution in [1.82, 2.24) is 15.1 Å². The average molecular weight is 207 g/mol. The summed E-state index contributed by atoms with van der Waals surface area (Å²) in [4.78, 5) is 0. The number of aromatic nitrogens is 2.